The number of aromatic hydroxyl groups is 1. The quantitative estimate of drug-likeness (QED) is 0.604. The molecule has 0 aliphatic carbocycles. The summed E-state index contributed by atoms with van der Waals surface area (Å²) in [6, 6.07) is 4.28. The van der Waals surface area contributed by atoms with Crippen molar-refractivity contribution in [2.75, 3.05) is 0 Å². The van der Waals surface area contributed by atoms with Gasteiger partial charge in [-0.2, -0.15) is 0 Å². The molecule has 3 N–H and O–H groups in total. The zero-order chi connectivity index (χ0) is 9.84. The molecule has 0 heterocycles. The molecule has 0 spiro atoms. The molecule has 13 heavy (non-hydrogen) atoms. The third-order valence-corrected chi connectivity index (χ3v) is 1.60. The van der Waals surface area contributed by atoms with Crippen molar-refractivity contribution in [2.45, 2.75) is 0 Å². The van der Waals surface area contributed by atoms with Gasteiger partial charge in [-0.25, -0.2) is 0 Å². The monoisotopic (exact) mass is 195 g/mol. The van der Waals surface area contributed by atoms with Crippen LogP contribution in [0.1, 0.15) is 5.56 Å². The molecule has 0 unspecified atom stereocenters. The van der Waals surface area contributed by atoms with Crippen LogP contribution in [0.4, 0.5) is 0 Å². The van der Waals surface area contributed by atoms with Crippen LogP contribution in [0.25, 0.3) is 0 Å². The van der Waals surface area contributed by atoms with Crippen LogP contribution in [0.15, 0.2) is 18.2 Å². The SMILES string of the molecule is NC(=O)C#Cc1cc(O)ccc1Cl. The Morgan fingerprint density at radius 3 is 2.85 bits per heavy atom. The van der Waals surface area contributed by atoms with Crippen molar-refractivity contribution < 1.29 is 9.90 Å². The number of carbonyl (C=O) groups is 1. The molecule has 0 fully saturated rings. The minimum Gasteiger partial charge on any atom is -0.508 e. The van der Waals surface area contributed by atoms with E-state index in [0.717, 1.165) is 0 Å². The van der Waals surface area contributed by atoms with Crippen LogP contribution in [0.5, 0.6) is 5.75 Å². The molecule has 0 saturated carbocycles. The van der Waals surface area contributed by atoms with Gasteiger partial charge in [-0.05, 0) is 18.2 Å². The Morgan fingerprint density at radius 2 is 2.23 bits per heavy atom. The molecule has 1 aromatic carbocycles. The van der Waals surface area contributed by atoms with Gasteiger partial charge in [-0.3, -0.25) is 4.79 Å². The lowest BCUT2D eigenvalue weighted by Crippen LogP contribution is -2.06. The summed E-state index contributed by atoms with van der Waals surface area (Å²) in [6.07, 6.45) is 0. The Bertz CT molecular complexity index is 404. The maximum absolute atomic E-state index is 10.3. The largest absolute Gasteiger partial charge is 0.508 e. The highest BCUT2D eigenvalue weighted by atomic mass is 35.5. The van der Waals surface area contributed by atoms with E-state index in [9.17, 15) is 4.79 Å². The lowest BCUT2D eigenvalue weighted by atomic mass is 10.2. The number of primary amides is 1. The number of hydrogen-bond donors (Lipinski definition) is 2. The van der Waals surface area contributed by atoms with E-state index in [2.05, 4.69) is 11.8 Å². The Morgan fingerprint density at radius 1 is 1.54 bits per heavy atom. The molecule has 1 rings (SSSR count). The Labute approximate surface area is 80.1 Å². The van der Waals surface area contributed by atoms with Crippen LogP contribution in [0.2, 0.25) is 5.02 Å². The minimum atomic E-state index is -0.737. The van der Waals surface area contributed by atoms with Gasteiger partial charge < -0.3 is 10.8 Å². The maximum atomic E-state index is 10.3. The van der Waals surface area contributed by atoms with Crippen molar-refractivity contribution in [2.24, 2.45) is 5.73 Å². The van der Waals surface area contributed by atoms with Gasteiger partial charge in [0.2, 0.25) is 0 Å². The maximum Gasteiger partial charge on any atom is 0.293 e. The van der Waals surface area contributed by atoms with Crippen LogP contribution in [-0.4, -0.2) is 11.0 Å². The summed E-state index contributed by atoms with van der Waals surface area (Å²) in [5, 5.41) is 9.43. The molecule has 1 aromatic rings. The highest BCUT2D eigenvalue weighted by molar-refractivity contribution is 6.31. The Hall–Kier alpha value is -1.66. The molecule has 0 aliphatic rings. The van der Waals surface area contributed by atoms with E-state index in [0.29, 0.717) is 10.6 Å². The number of benzene rings is 1. The molecule has 3 nitrogen and oxygen atoms in total. The van der Waals surface area contributed by atoms with E-state index in [1.54, 1.807) is 0 Å². The van der Waals surface area contributed by atoms with Gasteiger partial charge in [0, 0.05) is 11.5 Å². The molecule has 0 atom stereocenters. The number of phenols is 1. The number of hydrogen-bond acceptors (Lipinski definition) is 2. The van der Waals surface area contributed by atoms with Crippen LogP contribution < -0.4 is 5.73 Å². The van der Waals surface area contributed by atoms with Crippen molar-refractivity contribution in [3.8, 4) is 17.6 Å². The molecular formula is C9H6ClNO2. The summed E-state index contributed by atoms with van der Waals surface area (Å²) < 4.78 is 0. The summed E-state index contributed by atoms with van der Waals surface area (Å²) in [5.74, 6) is 3.86. The second kappa shape index (κ2) is 3.83. The fraction of sp³-hybridized carbons (Fsp3) is 0. The van der Waals surface area contributed by atoms with E-state index in [4.69, 9.17) is 22.4 Å². The van der Waals surface area contributed by atoms with Crippen molar-refractivity contribution in [1.29, 1.82) is 0 Å². The molecule has 0 aromatic heterocycles. The van der Waals surface area contributed by atoms with Gasteiger partial charge in [0.25, 0.3) is 5.91 Å². The number of carbonyl (C=O) groups excluding carboxylic acids is 1. The fourth-order valence-corrected chi connectivity index (χ4v) is 0.903. The summed E-state index contributed by atoms with van der Waals surface area (Å²) in [7, 11) is 0. The number of rotatable bonds is 0. The van der Waals surface area contributed by atoms with E-state index in [1.165, 1.54) is 18.2 Å². The highest BCUT2D eigenvalue weighted by Crippen LogP contribution is 2.19. The third kappa shape index (κ3) is 2.69. The highest BCUT2D eigenvalue weighted by Gasteiger charge is 1.97. The van der Waals surface area contributed by atoms with Gasteiger partial charge in [0.15, 0.2) is 0 Å². The number of nitrogens with two attached hydrogens (primary N) is 1. The van der Waals surface area contributed by atoms with Gasteiger partial charge in [-0.1, -0.05) is 17.5 Å². The fourth-order valence-electron chi connectivity index (χ4n) is 0.738. The second-order valence-corrected chi connectivity index (χ2v) is 2.69. The molecule has 66 valence electrons. The molecule has 1 amide bonds. The summed E-state index contributed by atoms with van der Waals surface area (Å²) >= 11 is 5.71. The van der Waals surface area contributed by atoms with Crippen molar-refractivity contribution >= 4 is 17.5 Å². The van der Waals surface area contributed by atoms with Crippen LogP contribution in [0, 0.1) is 11.8 Å². The van der Waals surface area contributed by atoms with Crippen LogP contribution >= 0.6 is 11.6 Å². The minimum absolute atomic E-state index is 0.0400. The summed E-state index contributed by atoms with van der Waals surface area (Å²) in [6.45, 7) is 0. The molecule has 4 heteroatoms. The Balaban J connectivity index is 3.09. The van der Waals surface area contributed by atoms with Gasteiger partial charge in [0.05, 0.1) is 5.02 Å². The smallest absolute Gasteiger partial charge is 0.293 e. The van der Waals surface area contributed by atoms with Crippen LogP contribution in [0.3, 0.4) is 0 Å². The van der Waals surface area contributed by atoms with E-state index >= 15 is 0 Å². The lowest BCUT2D eigenvalue weighted by Gasteiger charge is -1.95. The van der Waals surface area contributed by atoms with Gasteiger partial charge in [-0.15, -0.1) is 0 Å². The van der Waals surface area contributed by atoms with Gasteiger partial charge in [0.1, 0.15) is 5.75 Å². The molecule has 0 radical (unpaired) electrons. The molecule has 0 bridgehead atoms. The summed E-state index contributed by atoms with van der Waals surface area (Å²) in [5.41, 5.74) is 5.19. The average Bonchev–Trinajstić information content (AvgIpc) is 2.06. The molecule has 0 aliphatic heterocycles. The second-order valence-electron chi connectivity index (χ2n) is 2.28. The number of phenolic OH excluding ortho intramolecular Hbond substituents is 1. The van der Waals surface area contributed by atoms with Crippen molar-refractivity contribution in [3.05, 3.63) is 28.8 Å². The van der Waals surface area contributed by atoms with Crippen molar-refractivity contribution in [1.82, 2.24) is 0 Å². The standard InChI is InChI=1S/C9H6ClNO2/c10-8-3-2-7(12)5-6(8)1-4-9(11)13/h2-3,5,12H,(H2,11,13). The zero-order valence-electron chi connectivity index (χ0n) is 6.54. The first kappa shape index (κ1) is 9.43. The molecule has 0 saturated heterocycles. The third-order valence-electron chi connectivity index (χ3n) is 1.27. The first-order valence-electron chi connectivity index (χ1n) is 3.39. The lowest BCUT2D eigenvalue weighted by molar-refractivity contribution is -0.112. The van der Waals surface area contributed by atoms with E-state index in [-0.39, 0.29) is 5.75 Å². The average molecular weight is 196 g/mol. The predicted molar refractivity (Wildman–Crippen MR) is 49.2 cm³/mol. The van der Waals surface area contributed by atoms with Crippen LogP contribution in [-0.2, 0) is 4.79 Å². The summed E-state index contributed by atoms with van der Waals surface area (Å²) in [4.78, 5) is 10.3. The Kier molecular flexibility index (Phi) is 2.78. The normalized spacial score (nSPS) is 8.69. The number of halogens is 1. The number of amides is 1. The molecular weight excluding hydrogens is 190 g/mol. The first-order valence-corrected chi connectivity index (χ1v) is 3.77. The predicted octanol–water partition coefficient (Wildman–Crippen LogP) is 0.882. The zero-order valence-corrected chi connectivity index (χ0v) is 7.30. The van der Waals surface area contributed by atoms with Gasteiger partial charge >= 0.3 is 0 Å². The van der Waals surface area contributed by atoms with Crippen molar-refractivity contribution in [3.63, 3.8) is 0 Å². The van der Waals surface area contributed by atoms with E-state index in [1.807, 2.05) is 0 Å². The topological polar surface area (TPSA) is 63.3 Å². The van der Waals surface area contributed by atoms with E-state index < -0.39 is 5.91 Å². The first-order chi connectivity index (χ1) is 6.09.